The van der Waals surface area contributed by atoms with Crippen molar-refractivity contribution in [3.8, 4) is 0 Å². The molecule has 0 spiro atoms. The predicted octanol–water partition coefficient (Wildman–Crippen LogP) is 3.50. The van der Waals surface area contributed by atoms with Gasteiger partial charge in [0.2, 0.25) is 0 Å². The molecule has 0 radical (unpaired) electrons. The Labute approximate surface area is 103 Å². The number of aliphatic hydroxyl groups excluding tert-OH is 1. The summed E-state index contributed by atoms with van der Waals surface area (Å²) in [5, 5.41) is 9.70. The summed E-state index contributed by atoms with van der Waals surface area (Å²) >= 11 is 0. The van der Waals surface area contributed by atoms with Gasteiger partial charge in [0.25, 0.3) is 0 Å². The fourth-order valence-electron chi connectivity index (χ4n) is 2.07. The molecule has 1 N–H and O–H groups in total. The van der Waals surface area contributed by atoms with Crippen LogP contribution in [0.5, 0.6) is 0 Å². The number of hydrogen-bond donors (Lipinski definition) is 1. The van der Waals surface area contributed by atoms with E-state index in [1.54, 1.807) is 19.1 Å². The predicted molar refractivity (Wildman–Crippen MR) is 69.8 cm³/mol. The summed E-state index contributed by atoms with van der Waals surface area (Å²) < 4.78 is 13.9. The number of para-hydroxylation sites is 1. The quantitative estimate of drug-likeness (QED) is 0.850. The smallest absolute Gasteiger partial charge is 0.146 e. The highest BCUT2D eigenvalue weighted by molar-refractivity contribution is 5.55. The maximum Gasteiger partial charge on any atom is 0.146 e. The summed E-state index contributed by atoms with van der Waals surface area (Å²) in [6, 6.07) is 5.11. The van der Waals surface area contributed by atoms with Gasteiger partial charge in [-0.2, -0.15) is 0 Å². The van der Waals surface area contributed by atoms with Gasteiger partial charge in [-0.25, -0.2) is 4.39 Å². The molecule has 0 saturated heterocycles. The van der Waals surface area contributed by atoms with Gasteiger partial charge in [0.05, 0.1) is 11.8 Å². The van der Waals surface area contributed by atoms with Crippen molar-refractivity contribution in [1.29, 1.82) is 0 Å². The zero-order valence-electron chi connectivity index (χ0n) is 11.1. The lowest BCUT2D eigenvalue weighted by atomic mass is 10.0. The summed E-state index contributed by atoms with van der Waals surface area (Å²) in [5.74, 6) is -0.270. The molecule has 1 aromatic rings. The van der Waals surface area contributed by atoms with Crippen molar-refractivity contribution in [3.63, 3.8) is 0 Å². The average molecular weight is 239 g/mol. The number of rotatable bonds is 5. The highest BCUT2D eigenvalue weighted by Crippen LogP contribution is 2.30. The third-order valence-corrected chi connectivity index (χ3v) is 3.19. The molecule has 1 aromatic carbocycles. The largest absolute Gasteiger partial charge is 0.389 e. The van der Waals surface area contributed by atoms with Crippen LogP contribution in [0, 0.1) is 5.82 Å². The van der Waals surface area contributed by atoms with Crippen LogP contribution in [-0.2, 0) is 0 Å². The van der Waals surface area contributed by atoms with E-state index in [0.717, 1.165) is 12.8 Å². The molecule has 0 aliphatic heterocycles. The van der Waals surface area contributed by atoms with Crippen LogP contribution in [0.3, 0.4) is 0 Å². The molecule has 0 aliphatic carbocycles. The Bertz CT molecular complexity index is 365. The second kappa shape index (κ2) is 6.01. The Kier molecular flexibility index (Phi) is 4.94. The van der Waals surface area contributed by atoms with Crippen molar-refractivity contribution in [2.75, 3.05) is 11.9 Å². The normalized spacial score (nSPS) is 14.5. The van der Waals surface area contributed by atoms with Crippen molar-refractivity contribution in [1.82, 2.24) is 0 Å². The van der Waals surface area contributed by atoms with Gasteiger partial charge in [-0.1, -0.05) is 25.5 Å². The van der Waals surface area contributed by atoms with E-state index in [4.69, 9.17) is 0 Å². The fourth-order valence-corrected chi connectivity index (χ4v) is 2.07. The number of nitrogens with zero attached hydrogens (tertiary/aromatic N) is 1. The van der Waals surface area contributed by atoms with Crippen LogP contribution in [0.25, 0.3) is 0 Å². The van der Waals surface area contributed by atoms with Gasteiger partial charge >= 0.3 is 0 Å². The lowest BCUT2D eigenvalue weighted by Crippen LogP contribution is -2.30. The fraction of sp³-hybridized carbons (Fsp3) is 0.571. The zero-order chi connectivity index (χ0) is 13.0. The van der Waals surface area contributed by atoms with E-state index < -0.39 is 6.10 Å². The first kappa shape index (κ1) is 14.0. The highest BCUT2D eigenvalue weighted by Gasteiger charge is 2.19. The molecule has 0 aliphatic rings. The molecule has 1 rings (SSSR count). The summed E-state index contributed by atoms with van der Waals surface area (Å²) in [4.78, 5) is 1.92. The third-order valence-electron chi connectivity index (χ3n) is 3.19. The second-order valence-corrected chi connectivity index (χ2v) is 4.60. The van der Waals surface area contributed by atoms with Crippen LogP contribution in [0.4, 0.5) is 10.1 Å². The topological polar surface area (TPSA) is 23.5 Å². The Balaban J connectivity index is 3.10. The van der Waals surface area contributed by atoms with E-state index in [1.165, 1.54) is 6.07 Å². The molecule has 2 unspecified atom stereocenters. The summed E-state index contributed by atoms with van der Waals surface area (Å²) in [7, 11) is 1.88. The summed E-state index contributed by atoms with van der Waals surface area (Å²) in [6.07, 6.45) is 1.41. The van der Waals surface area contributed by atoms with E-state index in [-0.39, 0.29) is 11.9 Å². The average Bonchev–Trinajstić information content (AvgIpc) is 2.28. The minimum Gasteiger partial charge on any atom is -0.389 e. The van der Waals surface area contributed by atoms with Crippen molar-refractivity contribution >= 4 is 5.69 Å². The van der Waals surface area contributed by atoms with Gasteiger partial charge in [-0.3, -0.25) is 0 Å². The maximum atomic E-state index is 13.9. The Morgan fingerprint density at radius 2 is 2.00 bits per heavy atom. The van der Waals surface area contributed by atoms with Gasteiger partial charge in [-0.05, 0) is 26.3 Å². The van der Waals surface area contributed by atoms with Crippen LogP contribution < -0.4 is 4.90 Å². The molecule has 0 bridgehead atoms. The van der Waals surface area contributed by atoms with Crippen LogP contribution >= 0.6 is 0 Å². The molecule has 2 nitrogen and oxygen atoms in total. The molecule has 0 aromatic heterocycles. The van der Waals surface area contributed by atoms with Crippen LogP contribution in [0.2, 0.25) is 0 Å². The molecule has 3 heteroatoms. The molecule has 0 saturated carbocycles. The minimum atomic E-state index is -0.656. The molecule has 0 fully saturated rings. The van der Waals surface area contributed by atoms with E-state index in [2.05, 4.69) is 13.8 Å². The van der Waals surface area contributed by atoms with Gasteiger partial charge in [0.1, 0.15) is 5.82 Å². The van der Waals surface area contributed by atoms with Crippen molar-refractivity contribution < 1.29 is 9.50 Å². The first-order valence-electron chi connectivity index (χ1n) is 6.18. The van der Waals surface area contributed by atoms with Gasteiger partial charge in [0.15, 0.2) is 0 Å². The number of benzene rings is 1. The molecule has 0 heterocycles. The highest BCUT2D eigenvalue weighted by atomic mass is 19.1. The van der Waals surface area contributed by atoms with Crippen LogP contribution in [0.15, 0.2) is 18.2 Å². The van der Waals surface area contributed by atoms with E-state index >= 15 is 0 Å². The second-order valence-electron chi connectivity index (χ2n) is 4.60. The van der Waals surface area contributed by atoms with Crippen molar-refractivity contribution in [2.24, 2.45) is 0 Å². The van der Waals surface area contributed by atoms with Crippen molar-refractivity contribution in [3.05, 3.63) is 29.6 Å². The number of aliphatic hydroxyl groups is 1. The van der Waals surface area contributed by atoms with Crippen LogP contribution in [0.1, 0.15) is 45.3 Å². The lowest BCUT2D eigenvalue weighted by Gasteiger charge is -2.30. The van der Waals surface area contributed by atoms with Gasteiger partial charge < -0.3 is 10.0 Å². The first-order chi connectivity index (χ1) is 7.99. The number of anilines is 1. The standard InChI is InChI=1S/C14H22FNO/c1-5-7-10(2)16(4)14-12(11(3)17)8-6-9-13(14)15/h6,8-11,17H,5,7H2,1-4H3. The van der Waals surface area contributed by atoms with E-state index in [1.807, 2.05) is 11.9 Å². The molecule has 0 amide bonds. The van der Waals surface area contributed by atoms with E-state index in [9.17, 15) is 9.50 Å². The summed E-state index contributed by atoms with van der Waals surface area (Å²) in [6.45, 7) is 5.85. The maximum absolute atomic E-state index is 13.9. The van der Waals surface area contributed by atoms with Gasteiger partial charge in [-0.15, -0.1) is 0 Å². The molecule has 17 heavy (non-hydrogen) atoms. The van der Waals surface area contributed by atoms with Gasteiger partial charge in [0, 0.05) is 18.7 Å². The van der Waals surface area contributed by atoms with Crippen LogP contribution in [-0.4, -0.2) is 18.2 Å². The zero-order valence-corrected chi connectivity index (χ0v) is 11.1. The molecule has 96 valence electrons. The monoisotopic (exact) mass is 239 g/mol. The lowest BCUT2D eigenvalue weighted by molar-refractivity contribution is 0.199. The third kappa shape index (κ3) is 3.19. The molecular formula is C14H22FNO. The minimum absolute atomic E-state index is 0.259. The Morgan fingerprint density at radius 1 is 1.35 bits per heavy atom. The Morgan fingerprint density at radius 3 is 2.53 bits per heavy atom. The number of halogens is 1. The van der Waals surface area contributed by atoms with Crippen molar-refractivity contribution in [2.45, 2.75) is 45.8 Å². The summed E-state index contributed by atoms with van der Waals surface area (Å²) in [5.41, 5.74) is 1.17. The first-order valence-corrected chi connectivity index (χ1v) is 6.18. The molecule has 2 atom stereocenters. The Hall–Kier alpha value is -1.09. The number of hydrogen-bond acceptors (Lipinski definition) is 2. The SMILES string of the molecule is CCCC(C)N(C)c1c(F)cccc1C(C)O. The van der Waals surface area contributed by atoms with E-state index in [0.29, 0.717) is 11.3 Å². The molecular weight excluding hydrogens is 217 g/mol.